The van der Waals surface area contributed by atoms with Gasteiger partial charge in [0.15, 0.2) is 0 Å². The molecular weight excluding hydrogens is 351 g/mol. The van der Waals surface area contributed by atoms with Crippen LogP contribution in [0.5, 0.6) is 0 Å². The molecule has 0 aliphatic heterocycles. The lowest BCUT2D eigenvalue weighted by Gasteiger charge is -2.07. The Bertz CT molecular complexity index is 820. The van der Waals surface area contributed by atoms with Crippen LogP contribution in [0, 0.1) is 11.8 Å². The van der Waals surface area contributed by atoms with Gasteiger partial charge in [0.05, 0.1) is 21.6 Å². The molecule has 1 aromatic heterocycles. The van der Waals surface area contributed by atoms with E-state index in [0.717, 1.165) is 11.3 Å². The van der Waals surface area contributed by atoms with Gasteiger partial charge in [0.25, 0.3) is 10.0 Å². The number of anilines is 1. The van der Waals surface area contributed by atoms with Crippen LogP contribution in [0.4, 0.5) is 5.69 Å². The summed E-state index contributed by atoms with van der Waals surface area (Å²) in [6.45, 7) is 0.194. The van der Waals surface area contributed by atoms with Crippen LogP contribution in [0.3, 0.4) is 0 Å². The van der Waals surface area contributed by atoms with E-state index in [0.29, 0.717) is 20.6 Å². The van der Waals surface area contributed by atoms with Crippen molar-refractivity contribution in [1.82, 2.24) is 0 Å². The lowest BCUT2D eigenvalue weighted by molar-refractivity contribution is 0.603. The number of hydrogen-bond donors (Lipinski definition) is 2. The molecule has 21 heavy (non-hydrogen) atoms. The number of sulfonamides is 1. The van der Waals surface area contributed by atoms with E-state index < -0.39 is 10.0 Å². The first-order valence-electron chi connectivity index (χ1n) is 5.69. The summed E-state index contributed by atoms with van der Waals surface area (Å²) in [5, 5.41) is 0.429. The summed E-state index contributed by atoms with van der Waals surface area (Å²) in [5.74, 6) is 5.45. The van der Waals surface area contributed by atoms with Crippen LogP contribution < -0.4 is 10.5 Å². The maximum Gasteiger partial charge on any atom is 0.271 e. The molecule has 0 saturated carbocycles. The van der Waals surface area contributed by atoms with E-state index >= 15 is 0 Å². The molecule has 0 radical (unpaired) electrons. The molecule has 1 aromatic carbocycles. The lowest BCUT2D eigenvalue weighted by Crippen LogP contribution is -2.11. The minimum Gasteiger partial charge on any atom is -0.320 e. The van der Waals surface area contributed by atoms with Crippen molar-refractivity contribution in [3.8, 4) is 11.8 Å². The van der Waals surface area contributed by atoms with Crippen molar-refractivity contribution < 1.29 is 8.42 Å². The molecule has 3 N–H and O–H groups in total. The summed E-state index contributed by atoms with van der Waals surface area (Å²) in [5.41, 5.74) is 6.18. The second kappa shape index (κ2) is 6.69. The van der Waals surface area contributed by atoms with E-state index in [1.165, 1.54) is 12.1 Å². The van der Waals surface area contributed by atoms with Crippen molar-refractivity contribution in [1.29, 1.82) is 0 Å². The molecule has 0 aliphatic rings. The third-order valence-electron chi connectivity index (χ3n) is 2.36. The van der Waals surface area contributed by atoms with Crippen molar-refractivity contribution in [3.63, 3.8) is 0 Å². The molecule has 0 atom stereocenters. The van der Waals surface area contributed by atoms with E-state index in [2.05, 4.69) is 16.6 Å². The van der Waals surface area contributed by atoms with Gasteiger partial charge >= 0.3 is 0 Å². The molecule has 2 rings (SSSR count). The summed E-state index contributed by atoms with van der Waals surface area (Å²) in [4.78, 5) is 0. The average molecular weight is 361 g/mol. The van der Waals surface area contributed by atoms with Crippen LogP contribution in [-0.4, -0.2) is 15.0 Å². The molecular formula is C13H10Cl2N2O2S2. The fourth-order valence-corrected chi connectivity index (χ4v) is 4.18. The van der Waals surface area contributed by atoms with Crippen molar-refractivity contribution in [2.75, 3.05) is 11.3 Å². The fraction of sp³-hybridized carbons (Fsp3) is 0.0769. The zero-order valence-corrected chi connectivity index (χ0v) is 13.7. The third-order valence-corrected chi connectivity index (χ3v) is 5.79. The number of benzene rings is 1. The Kier molecular flexibility index (Phi) is 5.14. The summed E-state index contributed by atoms with van der Waals surface area (Å²) in [6.07, 6.45) is 0. The van der Waals surface area contributed by atoms with Crippen LogP contribution >= 0.6 is 34.5 Å². The van der Waals surface area contributed by atoms with Crippen LogP contribution in [-0.2, 0) is 10.0 Å². The van der Waals surface area contributed by atoms with Gasteiger partial charge in [0.2, 0.25) is 0 Å². The molecule has 0 unspecified atom stereocenters. The monoisotopic (exact) mass is 360 g/mol. The Labute approximate surface area is 136 Å². The minimum absolute atomic E-state index is 0.136. The molecule has 0 saturated heterocycles. The maximum absolute atomic E-state index is 12.2. The first kappa shape index (κ1) is 16.1. The second-order valence-electron chi connectivity index (χ2n) is 3.86. The highest BCUT2D eigenvalue weighted by molar-refractivity contribution is 7.94. The Morgan fingerprint density at radius 2 is 2.00 bits per heavy atom. The topological polar surface area (TPSA) is 72.2 Å². The molecule has 0 bridgehead atoms. The molecule has 0 aliphatic carbocycles. The summed E-state index contributed by atoms with van der Waals surface area (Å²) in [7, 11) is -3.67. The largest absolute Gasteiger partial charge is 0.320 e. The highest BCUT2D eigenvalue weighted by atomic mass is 35.5. The van der Waals surface area contributed by atoms with Crippen LogP contribution in [0.25, 0.3) is 0 Å². The predicted octanol–water partition coefficient (Wildman–Crippen LogP) is 3.17. The Morgan fingerprint density at radius 3 is 2.62 bits per heavy atom. The summed E-state index contributed by atoms with van der Waals surface area (Å²) in [6, 6.07) is 7.66. The minimum atomic E-state index is -3.67. The van der Waals surface area contributed by atoms with E-state index in [-0.39, 0.29) is 10.8 Å². The molecule has 110 valence electrons. The van der Waals surface area contributed by atoms with Crippen LogP contribution in [0.1, 0.15) is 5.56 Å². The summed E-state index contributed by atoms with van der Waals surface area (Å²) >= 11 is 12.7. The number of halogens is 2. The van der Waals surface area contributed by atoms with Crippen molar-refractivity contribution in [2.45, 2.75) is 4.21 Å². The highest BCUT2D eigenvalue weighted by Gasteiger charge is 2.17. The van der Waals surface area contributed by atoms with Crippen LogP contribution in [0.2, 0.25) is 9.36 Å². The number of rotatable bonds is 3. The smallest absolute Gasteiger partial charge is 0.271 e. The van der Waals surface area contributed by atoms with E-state index in [1.807, 2.05) is 0 Å². The maximum atomic E-state index is 12.2. The molecule has 0 spiro atoms. The van der Waals surface area contributed by atoms with E-state index in [1.54, 1.807) is 18.2 Å². The van der Waals surface area contributed by atoms with Gasteiger partial charge in [-0.05, 0) is 30.3 Å². The van der Waals surface area contributed by atoms with Gasteiger partial charge in [0, 0.05) is 5.56 Å². The molecule has 0 fully saturated rings. The number of nitrogens with two attached hydrogens (primary N) is 1. The SMILES string of the molecule is NCC#Cc1cc(NS(=O)(=O)c2ccc(Cl)s2)ccc1Cl. The standard InChI is InChI=1S/C13H10Cl2N2O2S2/c14-11-4-3-10(8-9(11)2-1-7-16)17-21(18,19)13-6-5-12(15)20-13/h3-6,8,17H,7,16H2. The normalized spacial score (nSPS) is 10.8. The highest BCUT2D eigenvalue weighted by Crippen LogP contribution is 2.28. The number of hydrogen-bond acceptors (Lipinski definition) is 4. The van der Waals surface area contributed by atoms with Crippen molar-refractivity contribution in [2.24, 2.45) is 5.73 Å². The van der Waals surface area contributed by atoms with Crippen molar-refractivity contribution in [3.05, 3.63) is 45.3 Å². The van der Waals surface area contributed by atoms with Gasteiger partial charge in [-0.1, -0.05) is 35.0 Å². The van der Waals surface area contributed by atoms with E-state index in [9.17, 15) is 8.42 Å². The number of thiophene rings is 1. The lowest BCUT2D eigenvalue weighted by atomic mass is 10.2. The van der Waals surface area contributed by atoms with Gasteiger partial charge in [-0.25, -0.2) is 8.42 Å². The molecule has 0 amide bonds. The third kappa shape index (κ3) is 4.13. The van der Waals surface area contributed by atoms with Gasteiger partial charge in [0.1, 0.15) is 4.21 Å². The predicted molar refractivity (Wildman–Crippen MR) is 87.5 cm³/mol. The van der Waals surface area contributed by atoms with Crippen molar-refractivity contribution >= 4 is 50.2 Å². The quantitative estimate of drug-likeness (QED) is 0.825. The zero-order valence-electron chi connectivity index (χ0n) is 10.6. The second-order valence-corrected chi connectivity index (χ2v) is 7.90. The number of nitrogens with one attached hydrogen (secondary N) is 1. The van der Waals surface area contributed by atoms with E-state index in [4.69, 9.17) is 28.9 Å². The Balaban J connectivity index is 2.31. The van der Waals surface area contributed by atoms with Gasteiger partial charge in [-0.15, -0.1) is 11.3 Å². The molecule has 4 nitrogen and oxygen atoms in total. The Morgan fingerprint density at radius 1 is 1.24 bits per heavy atom. The summed E-state index contributed by atoms with van der Waals surface area (Å²) < 4.78 is 27.4. The Hall–Kier alpha value is -1.23. The van der Waals surface area contributed by atoms with Gasteiger partial charge < -0.3 is 5.73 Å². The first-order chi connectivity index (χ1) is 9.92. The first-order valence-corrected chi connectivity index (χ1v) is 8.74. The molecule has 1 heterocycles. The van der Waals surface area contributed by atoms with Gasteiger partial charge in [-0.2, -0.15) is 0 Å². The molecule has 2 aromatic rings. The average Bonchev–Trinajstić information content (AvgIpc) is 2.86. The molecule has 8 heteroatoms. The zero-order chi connectivity index (χ0) is 15.5. The van der Waals surface area contributed by atoms with Crippen LogP contribution in [0.15, 0.2) is 34.5 Å². The fourth-order valence-electron chi connectivity index (χ4n) is 1.48. The van der Waals surface area contributed by atoms with Gasteiger partial charge in [-0.3, -0.25) is 4.72 Å².